The van der Waals surface area contributed by atoms with Gasteiger partial charge in [-0.05, 0) is 12.1 Å². The van der Waals surface area contributed by atoms with Crippen molar-refractivity contribution >= 4 is 28.9 Å². The third-order valence-electron chi connectivity index (χ3n) is 1.81. The van der Waals surface area contributed by atoms with Crippen molar-refractivity contribution in [3.63, 3.8) is 0 Å². The Morgan fingerprint density at radius 1 is 1.47 bits per heavy atom. The average Bonchev–Trinajstić information content (AvgIpc) is 2.21. The molecule has 3 nitrogen and oxygen atoms in total. The van der Waals surface area contributed by atoms with Gasteiger partial charge >= 0.3 is 0 Å². The van der Waals surface area contributed by atoms with Gasteiger partial charge in [0.1, 0.15) is 0 Å². The van der Waals surface area contributed by atoms with Crippen LogP contribution in [0.3, 0.4) is 0 Å². The summed E-state index contributed by atoms with van der Waals surface area (Å²) in [7, 11) is 0. The zero-order valence-corrected chi connectivity index (χ0v) is 9.39. The predicted molar refractivity (Wildman–Crippen MR) is 61.2 cm³/mol. The Balaban J connectivity index is 2.58. The highest BCUT2D eigenvalue weighted by atomic mass is 35.5. The fraction of sp³-hybridized carbons (Fsp3) is 0.300. The number of hydrogen-bond acceptors (Lipinski definition) is 3. The Kier molecular flexibility index (Phi) is 4.70. The van der Waals surface area contributed by atoms with Gasteiger partial charge in [-0.15, -0.1) is 0 Å². The maximum Gasteiger partial charge on any atom is 0.0842 e. The molecule has 1 atom stereocenters. The summed E-state index contributed by atoms with van der Waals surface area (Å²) in [5, 5.41) is 21.5. The summed E-state index contributed by atoms with van der Waals surface area (Å²) in [5.41, 5.74) is 0.654. The quantitative estimate of drug-likeness (QED) is 0.857. The van der Waals surface area contributed by atoms with Crippen molar-refractivity contribution in [2.45, 2.75) is 12.5 Å². The van der Waals surface area contributed by atoms with Crippen molar-refractivity contribution in [2.75, 3.05) is 11.9 Å². The summed E-state index contributed by atoms with van der Waals surface area (Å²) in [6.45, 7) is 0.271. The van der Waals surface area contributed by atoms with Crippen LogP contribution in [0.25, 0.3) is 0 Å². The van der Waals surface area contributed by atoms with Crippen LogP contribution in [0.1, 0.15) is 6.42 Å². The first-order valence-electron chi connectivity index (χ1n) is 4.38. The minimum atomic E-state index is -0.704. The van der Waals surface area contributed by atoms with E-state index in [-0.39, 0.29) is 13.0 Å². The fourth-order valence-corrected chi connectivity index (χ4v) is 1.41. The molecule has 0 bridgehead atoms. The summed E-state index contributed by atoms with van der Waals surface area (Å²) in [4.78, 5) is 0. The number of nitrogens with zero attached hydrogens (tertiary/aromatic N) is 1. The van der Waals surface area contributed by atoms with E-state index in [9.17, 15) is 5.11 Å². The smallest absolute Gasteiger partial charge is 0.0842 e. The van der Waals surface area contributed by atoms with Gasteiger partial charge in [-0.25, -0.2) is 0 Å². The van der Waals surface area contributed by atoms with E-state index in [1.807, 2.05) is 6.07 Å². The van der Waals surface area contributed by atoms with Gasteiger partial charge < -0.3 is 10.4 Å². The number of hydrogen-bond donors (Lipinski definition) is 2. The molecule has 0 fully saturated rings. The maximum atomic E-state index is 9.31. The van der Waals surface area contributed by atoms with Crippen LogP contribution in [0.15, 0.2) is 18.2 Å². The van der Waals surface area contributed by atoms with Crippen molar-refractivity contribution in [2.24, 2.45) is 0 Å². The lowest BCUT2D eigenvalue weighted by molar-refractivity contribution is 0.193. The molecule has 0 radical (unpaired) electrons. The summed E-state index contributed by atoms with van der Waals surface area (Å²) in [6.07, 6.45) is -0.615. The Labute approximate surface area is 98.2 Å². The third kappa shape index (κ3) is 3.60. The number of aliphatic hydroxyl groups is 1. The second-order valence-corrected chi connectivity index (χ2v) is 3.78. The molecule has 0 aliphatic heterocycles. The molecule has 0 aromatic heterocycles. The topological polar surface area (TPSA) is 56.0 Å². The van der Waals surface area contributed by atoms with E-state index >= 15 is 0 Å². The zero-order valence-electron chi connectivity index (χ0n) is 7.87. The summed E-state index contributed by atoms with van der Waals surface area (Å²) < 4.78 is 0. The van der Waals surface area contributed by atoms with Gasteiger partial charge in [0, 0.05) is 6.54 Å². The first-order valence-corrected chi connectivity index (χ1v) is 5.13. The molecular formula is C10H10Cl2N2O. The molecule has 0 saturated heterocycles. The van der Waals surface area contributed by atoms with Crippen molar-refractivity contribution in [1.29, 1.82) is 5.26 Å². The third-order valence-corrected chi connectivity index (χ3v) is 2.63. The number of nitriles is 1. The van der Waals surface area contributed by atoms with Gasteiger partial charge in [0.25, 0.3) is 0 Å². The highest BCUT2D eigenvalue weighted by Crippen LogP contribution is 2.29. The van der Waals surface area contributed by atoms with Crippen molar-refractivity contribution in [1.82, 2.24) is 0 Å². The zero-order chi connectivity index (χ0) is 11.3. The molecule has 0 aliphatic rings. The molecule has 2 N–H and O–H groups in total. The second kappa shape index (κ2) is 5.82. The molecule has 1 rings (SSSR count). The summed E-state index contributed by atoms with van der Waals surface area (Å²) in [5.74, 6) is 0. The second-order valence-electron chi connectivity index (χ2n) is 3.00. The number of aliphatic hydroxyl groups excluding tert-OH is 1. The largest absolute Gasteiger partial charge is 0.390 e. The maximum absolute atomic E-state index is 9.31. The standard InChI is InChI=1S/C10H10Cl2N2O/c11-8-2-1-3-9(10(8)12)14-6-7(15)4-5-13/h1-3,7,14-15H,4,6H2. The van der Waals surface area contributed by atoms with Gasteiger partial charge in [0.15, 0.2) is 0 Å². The van der Waals surface area contributed by atoms with E-state index in [2.05, 4.69) is 5.32 Å². The number of anilines is 1. The normalized spacial score (nSPS) is 11.9. The lowest BCUT2D eigenvalue weighted by Crippen LogP contribution is -2.18. The van der Waals surface area contributed by atoms with E-state index in [0.717, 1.165) is 0 Å². The van der Waals surface area contributed by atoms with E-state index in [0.29, 0.717) is 15.7 Å². The monoisotopic (exact) mass is 244 g/mol. The van der Waals surface area contributed by atoms with Crippen LogP contribution >= 0.6 is 23.2 Å². The van der Waals surface area contributed by atoms with Crippen LogP contribution in [0.2, 0.25) is 10.0 Å². The average molecular weight is 245 g/mol. The lowest BCUT2D eigenvalue weighted by Gasteiger charge is -2.11. The van der Waals surface area contributed by atoms with Gasteiger partial charge in [-0.2, -0.15) is 5.26 Å². The van der Waals surface area contributed by atoms with Gasteiger partial charge in [0.2, 0.25) is 0 Å². The van der Waals surface area contributed by atoms with E-state index in [4.69, 9.17) is 28.5 Å². The van der Waals surface area contributed by atoms with Crippen molar-refractivity contribution in [3.05, 3.63) is 28.2 Å². The molecule has 0 aliphatic carbocycles. The minimum Gasteiger partial charge on any atom is -0.390 e. The molecule has 0 saturated carbocycles. The first kappa shape index (κ1) is 12.1. The Morgan fingerprint density at radius 2 is 2.20 bits per heavy atom. The summed E-state index contributed by atoms with van der Waals surface area (Å²) >= 11 is 11.7. The van der Waals surface area contributed by atoms with E-state index in [1.165, 1.54) is 0 Å². The predicted octanol–water partition coefficient (Wildman–Crippen LogP) is 2.68. The van der Waals surface area contributed by atoms with E-state index < -0.39 is 6.10 Å². The number of benzene rings is 1. The van der Waals surface area contributed by atoms with Crippen molar-refractivity contribution in [3.8, 4) is 6.07 Å². The molecule has 0 spiro atoms. The molecule has 1 aromatic carbocycles. The van der Waals surface area contributed by atoms with Crippen LogP contribution < -0.4 is 5.32 Å². The molecular weight excluding hydrogens is 235 g/mol. The van der Waals surface area contributed by atoms with Crippen LogP contribution in [0, 0.1) is 11.3 Å². The van der Waals surface area contributed by atoms with Crippen LogP contribution in [-0.2, 0) is 0 Å². The first-order chi connectivity index (χ1) is 7.15. The molecule has 5 heteroatoms. The molecule has 1 unspecified atom stereocenters. The van der Waals surface area contributed by atoms with Gasteiger partial charge in [-0.3, -0.25) is 0 Å². The van der Waals surface area contributed by atoms with Gasteiger partial charge in [0.05, 0.1) is 34.3 Å². The lowest BCUT2D eigenvalue weighted by atomic mass is 10.2. The molecule has 1 aromatic rings. The van der Waals surface area contributed by atoms with E-state index in [1.54, 1.807) is 18.2 Å². The number of rotatable bonds is 4. The highest BCUT2D eigenvalue weighted by Gasteiger charge is 2.06. The van der Waals surface area contributed by atoms with Crippen LogP contribution in [-0.4, -0.2) is 17.8 Å². The number of halogens is 2. The van der Waals surface area contributed by atoms with Crippen molar-refractivity contribution < 1.29 is 5.11 Å². The summed E-state index contributed by atoms with van der Waals surface area (Å²) in [6, 6.07) is 7.08. The molecule has 0 amide bonds. The highest BCUT2D eigenvalue weighted by molar-refractivity contribution is 6.43. The number of nitrogens with one attached hydrogen (secondary N) is 1. The Hall–Kier alpha value is -0.950. The molecule has 80 valence electrons. The minimum absolute atomic E-state index is 0.0885. The fourth-order valence-electron chi connectivity index (χ4n) is 1.05. The van der Waals surface area contributed by atoms with Crippen LogP contribution in [0.5, 0.6) is 0 Å². The van der Waals surface area contributed by atoms with Crippen LogP contribution in [0.4, 0.5) is 5.69 Å². The Morgan fingerprint density at radius 3 is 2.87 bits per heavy atom. The molecule has 15 heavy (non-hydrogen) atoms. The molecule has 0 heterocycles. The Bertz CT molecular complexity index is 376. The van der Waals surface area contributed by atoms with Gasteiger partial charge in [-0.1, -0.05) is 29.3 Å². The SMILES string of the molecule is N#CCC(O)CNc1cccc(Cl)c1Cl.